The predicted molar refractivity (Wildman–Crippen MR) is 97.3 cm³/mol. The molecule has 2 heterocycles. The molecule has 24 heavy (non-hydrogen) atoms. The summed E-state index contributed by atoms with van der Waals surface area (Å²) in [6, 6.07) is 0.310. The monoisotopic (exact) mass is 391 g/mol. The van der Waals surface area contributed by atoms with Crippen molar-refractivity contribution in [3.63, 3.8) is 0 Å². The molecule has 5 nitrogen and oxygen atoms in total. The fraction of sp³-hybridized carbons (Fsp3) is 0.500. The highest BCUT2D eigenvalue weighted by molar-refractivity contribution is 9.09. The molecule has 0 aromatic heterocycles. The van der Waals surface area contributed by atoms with Crippen molar-refractivity contribution in [3.8, 4) is 0 Å². The molecular weight excluding hydrogens is 370 g/mol. The number of likely N-dealkylation sites (N-methyl/N-ethyl adjacent to an activating group) is 1. The SMILES string of the molecule is CN1C=CC2=CC(NC3=NC=C(C4CC4)CC3C(O)O)=CC(Br)C21. The van der Waals surface area contributed by atoms with Gasteiger partial charge in [-0.2, -0.15) is 0 Å². The zero-order chi connectivity index (χ0) is 16.8. The molecule has 3 N–H and O–H groups in total. The van der Waals surface area contributed by atoms with E-state index in [9.17, 15) is 10.2 Å². The van der Waals surface area contributed by atoms with Gasteiger partial charge in [0.25, 0.3) is 0 Å². The van der Waals surface area contributed by atoms with Gasteiger partial charge in [-0.05, 0) is 60.8 Å². The van der Waals surface area contributed by atoms with E-state index < -0.39 is 12.2 Å². The van der Waals surface area contributed by atoms with E-state index in [1.165, 1.54) is 24.0 Å². The molecule has 1 fully saturated rings. The highest BCUT2D eigenvalue weighted by Gasteiger charge is 2.35. The Labute approximate surface area is 150 Å². The molecule has 1 saturated carbocycles. The fourth-order valence-electron chi connectivity index (χ4n) is 3.64. The summed E-state index contributed by atoms with van der Waals surface area (Å²) >= 11 is 3.73. The second-order valence-corrected chi connectivity index (χ2v) is 8.04. The second-order valence-electron chi connectivity index (χ2n) is 6.98. The molecule has 0 aromatic carbocycles. The van der Waals surface area contributed by atoms with E-state index in [-0.39, 0.29) is 4.83 Å². The van der Waals surface area contributed by atoms with Gasteiger partial charge in [-0.25, -0.2) is 4.99 Å². The second kappa shape index (κ2) is 6.17. The van der Waals surface area contributed by atoms with Gasteiger partial charge in [0.1, 0.15) is 5.84 Å². The Morgan fingerprint density at radius 3 is 2.88 bits per heavy atom. The molecule has 3 atom stereocenters. The number of amidine groups is 1. The number of aliphatic imine (C=N–C) groups is 1. The molecule has 4 rings (SSSR count). The van der Waals surface area contributed by atoms with Crippen LogP contribution < -0.4 is 5.32 Å². The summed E-state index contributed by atoms with van der Waals surface area (Å²) < 4.78 is 0. The third kappa shape index (κ3) is 2.98. The summed E-state index contributed by atoms with van der Waals surface area (Å²) in [5.41, 5.74) is 3.42. The quantitative estimate of drug-likeness (QED) is 0.508. The number of rotatable bonds is 3. The lowest BCUT2D eigenvalue weighted by molar-refractivity contribution is -0.0653. The maximum absolute atomic E-state index is 9.78. The summed E-state index contributed by atoms with van der Waals surface area (Å²) in [5, 5.41) is 22.9. The van der Waals surface area contributed by atoms with E-state index >= 15 is 0 Å². The summed E-state index contributed by atoms with van der Waals surface area (Å²) in [4.78, 5) is 6.88. The van der Waals surface area contributed by atoms with Crippen molar-refractivity contribution in [3.05, 3.63) is 47.5 Å². The number of aliphatic hydroxyl groups is 2. The Balaban J connectivity index is 1.55. The standard InChI is InChI=1S/C18H22BrN3O2/c1-22-5-4-11-6-13(8-15(19)16(11)22)21-17-14(18(23)24)7-12(9-20-17)10-2-3-10/h4-6,8-10,14-16,18,23-24H,2-3,7H2,1H3,(H,20,21). The molecular formula is C18H22BrN3O2. The molecule has 0 amide bonds. The van der Waals surface area contributed by atoms with Gasteiger partial charge in [0, 0.05) is 18.9 Å². The first kappa shape index (κ1) is 16.1. The number of allylic oxidation sites excluding steroid dienone is 2. The zero-order valence-corrected chi connectivity index (χ0v) is 15.1. The van der Waals surface area contributed by atoms with Gasteiger partial charge in [-0.15, -0.1) is 0 Å². The number of hydrogen-bond donors (Lipinski definition) is 3. The molecule has 6 heteroatoms. The third-order valence-corrected chi connectivity index (χ3v) is 5.92. The molecule has 0 spiro atoms. The largest absolute Gasteiger partial charge is 0.372 e. The number of nitrogens with zero attached hydrogens (tertiary/aromatic N) is 2. The van der Waals surface area contributed by atoms with Crippen molar-refractivity contribution in [2.24, 2.45) is 16.8 Å². The van der Waals surface area contributed by atoms with Gasteiger partial charge in [-0.1, -0.05) is 15.9 Å². The van der Waals surface area contributed by atoms with Crippen LogP contribution in [0.15, 0.2) is 52.5 Å². The van der Waals surface area contributed by atoms with Crippen molar-refractivity contribution < 1.29 is 10.2 Å². The van der Waals surface area contributed by atoms with Crippen LogP contribution in [0.25, 0.3) is 0 Å². The summed E-state index contributed by atoms with van der Waals surface area (Å²) in [7, 11) is 2.07. The van der Waals surface area contributed by atoms with Crippen molar-refractivity contribution in [2.75, 3.05) is 7.05 Å². The molecule has 4 aliphatic rings. The van der Waals surface area contributed by atoms with Gasteiger partial charge in [0.15, 0.2) is 6.29 Å². The number of fused-ring (bicyclic) bond motifs is 1. The molecule has 0 aromatic rings. The minimum Gasteiger partial charge on any atom is -0.372 e. The molecule has 2 aliphatic carbocycles. The minimum atomic E-state index is -1.40. The lowest BCUT2D eigenvalue weighted by atomic mass is 9.92. The van der Waals surface area contributed by atoms with E-state index in [0.717, 1.165) is 5.70 Å². The van der Waals surface area contributed by atoms with Crippen molar-refractivity contribution in [1.29, 1.82) is 0 Å². The summed E-state index contributed by atoms with van der Waals surface area (Å²) in [6.45, 7) is 0. The highest BCUT2D eigenvalue weighted by Crippen LogP contribution is 2.41. The topological polar surface area (TPSA) is 68.1 Å². The summed E-state index contributed by atoms with van der Waals surface area (Å²) in [5.74, 6) is 0.837. The van der Waals surface area contributed by atoms with Crippen LogP contribution >= 0.6 is 15.9 Å². The lowest BCUT2D eigenvalue weighted by Crippen LogP contribution is -2.41. The van der Waals surface area contributed by atoms with E-state index in [4.69, 9.17) is 0 Å². The van der Waals surface area contributed by atoms with Gasteiger partial charge in [0.05, 0.1) is 16.8 Å². The number of hydrogen-bond acceptors (Lipinski definition) is 5. The summed E-state index contributed by atoms with van der Waals surface area (Å²) in [6.07, 6.45) is 12.0. The van der Waals surface area contributed by atoms with Crippen LogP contribution in [-0.4, -0.2) is 45.2 Å². The number of aliphatic hydroxyl groups excluding tert-OH is 1. The molecule has 0 bridgehead atoms. The Kier molecular flexibility index (Phi) is 4.14. The average molecular weight is 392 g/mol. The van der Waals surface area contributed by atoms with Crippen molar-refractivity contribution in [1.82, 2.24) is 10.2 Å². The molecule has 0 saturated heterocycles. The fourth-order valence-corrected chi connectivity index (χ4v) is 4.60. The van der Waals surface area contributed by atoms with Crippen LogP contribution in [0.2, 0.25) is 0 Å². The van der Waals surface area contributed by atoms with Crippen LogP contribution in [0.3, 0.4) is 0 Å². The maximum atomic E-state index is 9.78. The first-order valence-corrected chi connectivity index (χ1v) is 9.32. The van der Waals surface area contributed by atoms with E-state index in [1.54, 1.807) is 0 Å². The molecule has 2 aliphatic heterocycles. The van der Waals surface area contributed by atoms with E-state index in [0.29, 0.717) is 24.2 Å². The Morgan fingerprint density at radius 1 is 1.38 bits per heavy atom. The van der Waals surface area contributed by atoms with E-state index in [2.05, 4.69) is 62.6 Å². The first-order chi connectivity index (χ1) is 11.5. The minimum absolute atomic E-state index is 0.194. The van der Waals surface area contributed by atoms with Crippen LogP contribution in [0.1, 0.15) is 19.3 Å². The maximum Gasteiger partial charge on any atom is 0.161 e. The number of nitrogens with one attached hydrogen (secondary N) is 1. The molecule has 0 radical (unpaired) electrons. The Morgan fingerprint density at radius 2 is 2.17 bits per heavy atom. The third-order valence-electron chi connectivity index (χ3n) is 5.16. The van der Waals surface area contributed by atoms with Crippen molar-refractivity contribution >= 4 is 21.8 Å². The van der Waals surface area contributed by atoms with Gasteiger partial charge < -0.3 is 20.4 Å². The van der Waals surface area contributed by atoms with Crippen molar-refractivity contribution in [2.45, 2.75) is 36.4 Å². The average Bonchev–Trinajstić information content (AvgIpc) is 3.31. The number of halogens is 1. The zero-order valence-electron chi connectivity index (χ0n) is 13.6. The van der Waals surface area contributed by atoms with E-state index in [1.807, 2.05) is 6.20 Å². The van der Waals surface area contributed by atoms with Crippen LogP contribution in [0.5, 0.6) is 0 Å². The Bertz CT molecular complexity index is 688. The highest BCUT2D eigenvalue weighted by atomic mass is 79.9. The van der Waals surface area contributed by atoms with Crippen LogP contribution in [0.4, 0.5) is 0 Å². The lowest BCUT2D eigenvalue weighted by Gasteiger charge is -2.31. The van der Waals surface area contributed by atoms with Crippen LogP contribution in [0, 0.1) is 11.8 Å². The van der Waals surface area contributed by atoms with Gasteiger partial charge in [-0.3, -0.25) is 0 Å². The van der Waals surface area contributed by atoms with Crippen LogP contribution in [-0.2, 0) is 0 Å². The molecule has 3 unspecified atom stereocenters. The predicted octanol–water partition coefficient (Wildman–Crippen LogP) is 2.01. The van der Waals surface area contributed by atoms with Gasteiger partial charge in [0.2, 0.25) is 0 Å². The molecule has 128 valence electrons. The normalized spacial score (nSPS) is 32.2. The van der Waals surface area contributed by atoms with Gasteiger partial charge >= 0.3 is 0 Å². The smallest absolute Gasteiger partial charge is 0.161 e. The Hall–Kier alpha value is -1.37. The number of alkyl halides is 1. The first-order valence-electron chi connectivity index (χ1n) is 8.40.